The van der Waals surface area contributed by atoms with Crippen molar-refractivity contribution in [3.63, 3.8) is 0 Å². The Hall–Kier alpha value is -1.89. The summed E-state index contributed by atoms with van der Waals surface area (Å²) < 4.78 is 23.7. The first-order valence-corrected chi connectivity index (χ1v) is 10.8. The van der Waals surface area contributed by atoms with E-state index < -0.39 is 15.4 Å². The molecular weight excluding hydrogens is 384 g/mol. The number of primary sulfonamides is 1. The van der Waals surface area contributed by atoms with Crippen LogP contribution >= 0.6 is 11.6 Å². The predicted molar refractivity (Wildman–Crippen MR) is 110 cm³/mol. The highest BCUT2D eigenvalue weighted by Crippen LogP contribution is 2.34. The third kappa shape index (κ3) is 4.51. The highest BCUT2D eigenvalue weighted by molar-refractivity contribution is 7.89. The van der Waals surface area contributed by atoms with Gasteiger partial charge in [-0.1, -0.05) is 50.6 Å². The first-order valence-electron chi connectivity index (χ1n) is 8.91. The molecule has 146 valence electrons. The van der Waals surface area contributed by atoms with Crippen LogP contribution in [0.2, 0.25) is 5.02 Å². The molecule has 0 fully saturated rings. The Morgan fingerprint density at radius 2 is 1.67 bits per heavy atom. The standard InChI is InChI=1S/C20H25ClN2O3S/c1-4-14-7-12-17(13-18(14)27(22,25)26)23-19(24)20(5-2,6-3)15-8-10-16(21)11-9-15/h7-13H,4-6H2,1-3H3,(H,23,24)(H2,22,25,26). The second-order valence-corrected chi connectivity index (χ2v) is 8.44. The van der Waals surface area contributed by atoms with Crippen molar-refractivity contribution in [2.75, 3.05) is 5.32 Å². The van der Waals surface area contributed by atoms with Gasteiger partial charge in [0.2, 0.25) is 15.9 Å². The van der Waals surface area contributed by atoms with Gasteiger partial charge in [0.1, 0.15) is 0 Å². The quantitative estimate of drug-likeness (QED) is 0.717. The number of nitrogens with two attached hydrogens (primary N) is 1. The molecule has 0 radical (unpaired) electrons. The molecule has 7 heteroatoms. The fourth-order valence-electron chi connectivity index (χ4n) is 3.32. The van der Waals surface area contributed by atoms with Crippen molar-refractivity contribution in [2.24, 2.45) is 5.14 Å². The largest absolute Gasteiger partial charge is 0.325 e. The maximum absolute atomic E-state index is 13.2. The maximum atomic E-state index is 13.2. The summed E-state index contributed by atoms with van der Waals surface area (Å²) in [6, 6.07) is 12.0. The van der Waals surface area contributed by atoms with Gasteiger partial charge in [-0.15, -0.1) is 0 Å². The number of benzene rings is 2. The van der Waals surface area contributed by atoms with E-state index in [1.807, 2.05) is 32.9 Å². The third-order valence-corrected chi connectivity index (χ3v) is 6.30. The SMILES string of the molecule is CCc1ccc(NC(=O)C(CC)(CC)c2ccc(Cl)cc2)cc1S(N)(=O)=O. The van der Waals surface area contributed by atoms with Gasteiger partial charge in [0, 0.05) is 10.7 Å². The van der Waals surface area contributed by atoms with E-state index in [2.05, 4.69) is 5.32 Å². The molecule has 0 bridgehead atoms. The minimum Gasteiger partial charge on any atom is -0.325 e. The van der Waals surface area contributed by atoms with Crippen molar-refractivity contribution in [2.45, 2.75) is 50.3 Å². The van der Waals surface area contributed by atoms with Crippen LogP contribution in [-0.4, -0.2) is 14.3 Å². The average Bonchev–Trinajstić information content (AvgIpc) is 2.64. The fourth-order valence-corrected chi connectivity index (χ4v) is 4.31. The predicted octanol–water partition coefficient (Wildman–Crippen LogP) is 4.25. The van der Waals surface area contributed by atoms with Crippen LogP contribution in [0.25, 0.3) is 0 Å². The Labute approximate surface area is 166 Å². The number of sulfonamides is 1. The lowest BCUT2D eigenvalue weighted by Crippen LogP contribution is -2.39. The molecule has 0 saturated carbocycles. The number of carbonyl (C=O) groups excluding carboxylic acids is 1. The third-order valence-electron chi connectivity index (χ3n) is 5.05. The van der Waals surface area contributed by atoms with Gasteiger partial charge in [-0.25, -0.2) is 13.6 Å². The minimum absolute atomic E-state index is 0.0351. The molecule has 2 aromatic rings. The summed E-state index contributed by atoms with van der Waals surface area (Å²) in [6.07, 6.45) is 1.71. The van der Waals surface area contributed by atoms with Gasteiger partial charge in [-0.3, -0.25) is 4.79 Å². The lowest BCUT2D eigenvalue weighted by atomic mass is 9.75. The molecule has 0 atom stereocenters. The molecular formula is C20H25ClN2O3S. The van der Waals surface area contributed by atoms with E-state index >= 15 is 0 Å². The summed E-state index contributed by atoms with van der Waals surface area (Å²) in [5.74, 6) is -0.195. The number of carbonyl (C=O) groups is 1. The highest BCUT2D eigenvalue weighted by Gasteiger charge is 2.37. The number of anilines is 1. The molecule has 0 aliphatic carbocycles. The lowest BCUT2D eigenvalue weighted by Gasteiger charge is -2.31. The number of aryl methyl sites for hydroxylation is 1. The first kappa shape index (κ1) is 21.4. The summed E-state index contributed by atoms with van der Waals surface area (Å²) in [5.41, 5.74) is 1.15. The van der Waals surface area contributed by atoms with Crippen molar-refractivity contribution < 1.29 is 13.2 Å². The smallest absolute Gasteiger partial charge is 0.238 e. The Morgan fingerprint density at radius 3 is 2.15 bits per heavy atom. The molecule has 0 spiro atoms. The molecule has 27 heavy (non-hydrogen) atoms. The monoisotopic (exact) mass is 408 g/mol. The molecule has 0 saturated heterocycles. The topological polar surface area (TPSA) is 89.3 Å². The molecule has 2 rings (SSSR count). The fraction of sp³-hybridized carbons (Fsp3) is 0.350. The number of amides is 1. The number of hydrogen-bond acceptors (Lipinski definition) is 3. The summed E-state index contributed by atoms with van der Waals surface area (Å²) in [5, 5.41) is 8.80. The van der Waals surface area contributed by atoms with E-state index in [-0.39, 0.29) is 10.8 Å². The molecule has 2 aromatic carbocycles. The summed E-state index contributed by atoms with van der Waals surface area (Å²) >= 11 is 5.98. The molecule has 5 nitrogen and oxygen atoms in total. The van der Waals surface area contributed by atoms with Crippen molar-refractivity contribution in [3.05, 3.63) is 58.6 Å². The maximum Gasteiger partial charge on any atom is 0.238 e. The number of nitrogens with one attached hydrogen (secondary N) is 1. The lowest BCUT2D eigenvalue weighted by molar-refractivity contribution is -0.121. The molecule has 0 aromatic heterocycles. The summed E-state index contributed by atoms with van der Waals surface area (Å²) in [6.45, 7) is 5.75. The van der Waals surface area contributed by atoms with Crippen LogP contribution < -0.4 is 10.5 Å². The molecule has 3 N–H and O–H groups in total. The van der Waals surface area contributed by atoms with Crippen LogP contribution in [0.4, 0.5) is 5.69 Å². The van der Waals surface area contributed by atoms with Gasteiger partial charge in [-0.2, -0.15) is 0 Å². The van der Waals surface area contributed by atoms with Crippen LogP contribution in [-0.2, 0) is 26.7 Å². The second-order valence-electron chi connectivity index (χ2n) is 6.47. The molecule has 0 unspecified atom stereocenters. The molecule has 1 amide bonds. The average molecular weight is 409 g/mol. The minimum atomic E-state index is -3.87. The molecule has 0 aliphatic heterocycles. The van der Waals surface area contributed by atoms with Crippen molar-refractivity contribution in [1.82, 2.24) is 0 Å². The van der Waals surface area contributed by atoms with Crippen molar-refractivity contribution in [3.8, 4) is 0 Å². The van der Waals surface area contributed by atoms with Gasteiger partial charge in [0.05, 0.1) is 10.3 Å². The molecule has 0 heterocycles. The van der Waals surface area contributed by atoms with Crippen molar-refractivity contribution in [1.29, 1.82) is 0 Å². The van der Waals surface area contributed by atoms with Gasteiger partial charge in [-0.05, 0) is 54.7 Å². The Balaban J connectivity index is 2.43. The van der Waals surface area contributed by atoms with Crippen LogP contribution in [0.3, 0.4) is 0 Å². The van der Waals surface area contributed by atoms with E-state index in [9.17, 15) is 13.2 Å². The van der Waals surface area contributed by atoms with E-state index in [1.165, 1.54) is 6.07 Å². The Morgan fingerprint density at radius 1 is 1.07 bits per heavy atom. The normalized spacial score (nSPS) is 12.0. The number of hydrogen-bond donors (Lipinski definition) is 2. The zero-order chi connectivity index (χ0) is 20.2. The van der Waals surface area contributed by atoms with Crippen LogP contribution in [0, 0.1) is 0 Å². The Bertz CT molecular complexity index is 921. The highest BCUT2D eigenvalue weighted by atomic mass is 35.5. The number of halogens is 1. The Kier molecular flexibility index (Phi) is 6.68. The van der Waals surface area contributed by atoms with Gasteiger partial charge >= 0.3 is 0 Å². The summed E-state index contributed by atoms with van der Waals surface area (Å²) in [7, 11) is -3.87. The number of rotatable bonds is 7. The van der Waals surface area contributed by atoms with E-state index in [1.54, 1.807) is 24.3 Å². The van der Waals surface area contributed by atoms with Crippen molar-refractivity contribution >= 4 is 33.2 Å². The zero-order valence-corrected chi connectivity index (χ0v) is 17.3. The van der Waals surface area contributed by atoms with Crippen LogP contribution in [0.1, 0.15) is 44.7 Å². The van der Waals surface area contributed by atoms with E-state index in [0.717, 1.165) is 5.56 Å². The van der Waals surface area contributed by atoms with Crippen LogP contribution in [0.5, 0.6) is 0 Å². The van der Waals surface area contributed by atoms with Gasteiger partial charge in [0.25, 0.3) is 0 Å². The van der Waals surface area contributed by atoms with Gasteiger partial charge < -0.3 is 5.32 Å². The second kappa shape index (κ2) is 8.42. The summed E-state index contributed by atoms with van der Waals surface area (Å²) in [4.78, 5) is 13.2. The van der Waals surface area contributed by atoms with Crippen LogP contribution in [0.15, 0.2) is 47.4 Å². The molecule has 0 aliphatic rings. The van der Waals surface area contributed by atoms with E-state index in [0.29, 0.717) is 35.5 Å². The van der Waals surface area contributed by atoms with Gasteiger partial charge in [0.15, 0.2) is 0 Å². The van der Waals surface area contributed by atoms with E-state index in [4.69, 9.17) is 16.7 Å². The zero-order valence-electron chi connectivity index (χ0n) is 15.8. The first-order chi connectivity index (χ1) is 12.7.